The van der Waals surface area contributed by atoms with E-state index < -0.39 is 0 Å². The van der Waals surface area contributed by atoms with E-state index in [2.05, 4.69) is 24.1 Å². The first-order valence-corrected chi connectivity index (χ1v) is 8.31. The normalized spacial score (nSPS) is 12.8. The summed E-state index contributed by atoms with van der Waals surface area (Å²) in [4.78, 5) is 5.64. The van der Waals surface area contributed by atoms with E-state index in [-0.39, 0.29) is 12.6 Å². The van der Waals surface area contributed by atoms with Crippen molar-refractivity contribution >= 4 is 22.9 Å². The third-order valence-electron chi connectivity index (χ3n) is 3.16. The van der Waals surface area contributed by atoms with Crippen LogP contribution in [0.2, 0.25) is 5.02 Å². The van der Waals surface area contributed by atoms with Crippen molar-refractivity contribution in [3.8, 4) is 0 Å². The quantitative estimate of drug-likeness (QED) is 0.814. The van der Waals surface area contributed by atoms with Crippen LogP contribution in [0.25, 0.3) is 0 Å². The van der Waals surface area contributed by atoms with Gasteiger partial charge in [0.15, 0.2) is 0 Å². The standard InChI is InChI=1S/C16H21ClN2OS/c1-11(2)7-16-19-9-14(21-16)8-18-15(10-20)12-3-5-13(17)6-4-12/h3-6,9,11,15,18,20H,7-8,10H2,1-2H3. The van der Waals surface area contributed by atoms with E-state index in [4.69, 9.17) is 11.6 Å². The van der Waals surface area contributed by atoms with Gasteiger partial charge in [-0.25, -0.2) is 4.98 Å². The minimum atomic E-state index is -0.0853. The maximum atomic E-state index is 9.54. The molecule has 0 amide bonds. The van der Waals surface area contributed by atoms with Crippen molar-refractivity contribution in [3.05, 3.63) is 50.9 Å². The molecule has 0 saturated heterocycles. The number of aliphatic hydroxyl groups excluding tert-OH is 1. The lowest BCUT2D eigenvalue weighted by molar-refractivity contribution is 0.244. The molecule has 3 nitrogen and oxygen atoms in total. The first-order valence-electron chi connectivity index (χ1n) is 7.11. The van der Waals surface area contributed by atoms with Crippen molar-refractivity contribution < 1.29 is 5.11 Å². The molecule has 0 aliphatic rings. The number of hydrogen-bond acceptors (Lipinski definition) is 4. The molecule has 0 radical (unpaired) electrons. The lowest BCUT2D eigenvalue weighted by Crippen LogP contribution is -2.23. The first-order chi connectivity index (χ1) is 10.1. The van der Waals surface area contributed by atoms with Crippen LogP contribution in [0.5, 0.6) is 0 Å². The van der Waals surface area contributed by atoms with Crippen LogP contribution in [0, 0.1) is 5.92 Å². The van der Waals surface area contributed by atoms with Gasteiger partial charge < -0.3 is 10.4 Å². The molecule has 0 fully saturated rings. The lowest BCUT2D eigenvalue weighted by Gasteiger charge is -2.16. The van der Waals surface area contributed by atoms with Crippen molar-refractivity contribution in [2.45, 2.75) is 32.9 Å². The molecule has 5 heteroatoms. The Morgan fingerprint density at radius 1 is 1.29 bits per heavy atom. The van der Waals surface area contributed by atoms with Crippen molar-refractivity contribution in [1.82, 2.24) is 10.3 Å². The number of nitrogens with zero attached hydrogens (tertiary/aromatic N) is 1. The fourth-order valence-electron chi connectivity index (χ4n) is 2.08. The van der Waals surface area contributed by atoms with E-state index in [9.17, 15) is 5.11 Å². The number of rotatable bonds is 7. The zero-order valence-corrected chi connectivity index (χ0v) is 13.9. The summed E-state index contributed by atoms with van der Waals surface area (Å²) in [5.74, 6) is 0.621. The molecule has 0 saturated carbocycles. The Labute approximate surface area is 135 Å². The molecule has 1 unspecified atom stereocenters. The topological polar surface area (TPSA) is 45.2 Å². The maximum Gasteiger partial charge on any atom is 0.0930 e. The van der Waals surface area contributed by atoms with E-state index in [1.165, 1.54) is 9.88 Å². The molecule has 2 aromatic rings. The number of aromatic nitrogens is 1. The maximum absolute atomic E-state index is 9.54. The minimum absolute atomic E-state index is 0.0548. The second-order valence-electron chi connectivity index (χ2n) is 5.49. The summed E-state index contributed by atoms with van der Waals surface area (Å²) in [6.07, 6.45) is 2.94. The van der Waals surface area contributed by atoms with Gasteiger partial charge in [-0.2, -0.15) is 0 Å². The number of halogens is 1. The van der Waals surface area contributed by atoms with E-state index >= 15 is 0 Å². The van der Waals surface area contributed by atoms with Crippen LogP contribution in [-0.2, 0) is 13.0 Å². The third kappa shape index (κ3) is 5.08. The Kier molecular flexibility index (Phi) is 6.18. The molecule has 1 aromatic carbocycles. The van der Waals surface area contributed by atoms with Crippen LogP contribution in [0.1, 0.15) is 35.3 Å². The van der Waals surface area contributed by atoms with Gasteiger partial charge in [0.25, 0.3) is 0 Å². The monoisotopic (exact) mass is 324 g/mol. The predicted molar refractivity (Wildman–Crippen MR) is 88.8 cm³/mol. The number of thiazole rings is 1. The van der Waals surface area contributed by atoms with E-state index in [0.717, 1.165) is 12.0 Å². The van der Waals surface area contributed by atoms with Gasteiger partial charge in [-0.1, -0.05) is 37.6 Å². The Balaban J connectivity index is 1.93. The van der Waals surface area contributed by atoms with Crippen LogP contribution in [0.3, 0.4) is 0 Å². The van der Waals surface area contributed by atoms with Crippen molar-refractivity contribution in [1.29, 1.82) is 0 Å². The molecule has 0 aliphatic carbocycles. The van der Waals surface area contributed by atoms with Gasteiger partial charge in [-0.15, -0.1) is 11.3 Å². The Hall–Kier alpha value is -0.940. The van der Waals surface area contributed by atoms with Crippen molar-refractivity contribution in [2.75, 3.05) is 6.61 Å². The zero-order valence-electron chi connectivity index (χ0n) is 12.3. The van der Waals surface area contributed by atoms with Gasteiger partial charge in [-0.05, 0) is 23.6 Å². The van der Waals surface area contributed by atoms with Crippen LogP contribution in [0.4, 0.5) is 0 Å². The van der Waals surface area contributed by atoms with Gasteiger partial charge in [0.05, 0.1) is 17.7 Å². The van der Waals surface area contributed by atoms with Crippen molar-refractivity contribution in [2.24, 2.45) is 5.92 Å². The van der Waals surface area contributed by atoms with E-state index in [1.807, 2.05) is 30.5 Å². The molecule has 1 aromatic heterocycles. The Bertz CT molecular complexity index is 554. The zero-order chi connectivity index (χ0) is 15.2. The molecule has 2 rings (SSSR count). The van der Waals surface area contributed by atoms with Gasteiger partial charge in [0.2, 0.25) is 0 Å². The fraction of sp³-hybridized carbons (Fsp3) is 0.438. The molecule has 0 aliphatic heterocycles. The summed E-state index contributed by atoms with van der Waals surface area (Å²) >= 11 is 7.62. The van der Waals surface area contributed by atoms with Crippen LogP contribution >= 0.6 is 22.9 Å². The second-order valence-corrected chi connectivity index (χ2v) is 7.12. The van der Waals surface area contributed by atoms with E-state index in [1.54, 1.807) is 11.3 Å². The summed E-state index contributed by atoms with van der Waals surface area (Å²) in [5.41, 5.74) is 1.04. The minimum Gasteiger partial charge on any atom is -0.394 e. The molecule has 1 heterocycles. The average molecular weight is 325 g/mol. The van der Waals surface area contributed by atoms with Crippen molar-refractivity contribution in [3.63, 3.8) is 0 Å². The van der Waals surface area contributed by atoms with Crippen LogP contribution < -0.4 is 5.32 Å². The summed E-state index contributed by atoms with van der Waals surface area (Å²) in [6, 6.07) is 7.47. The smallest absolute Gasteiger partial charge is 0.0930 e. The molecule has 114 valence electrons. The third-order valence-corrected chi connectivity index (χ3v) is 4.43. The summed E-state index contributed by atoms with van der Waals surface area (Å²) in [5, 5.41) is 14.8. The summed E-state index contributed by atoms with van der Waals surface area (Å²) in [7, 11) is 0. The highest BCUT2D eigenvalue weighted by molar-refractivity contribution is 7.11. The summed E-state index contributed by atoms with van der Waals surface area (Å²) in [6.45, 7) is 5.16. The number of aliphatic hydroxyl groups is 1. The SMILES string of the molecule is CC(C)Cc1ncc(CNC(CO)c2ccc(Cl)cc2)s1. The predicted octanol–water partition coefficient (Wildman–Crippen LogP) is 3.82. The van der Waals surface area contributed by atoms with Gasteiger partial charge >= 0.3 is 0 Å². The lowest BCUT2D eigenvalue weighted by atomic mass is 10.1. The highest BCUT2D eigenvalue weighted by Gasteiger charge is 2.11. The molecule has 0 bridgehead atoms. The van der Waals surface area contributed by atoms with Gasteiger partial charge in [0, 0.05) is 29.1 Å². The number of nitrogens with one attached hydrogen (secondary N) is 1. The van der Waals surface area contributed by atoms with Gasteiger partial charge in [-0.3, -0.25) is 0 Å². The Morgan fingerprint density at radius 3 is 2.62 bits per heavy atom. The molecule has 21 heavy (non-hydrogen) atoms. The molecule has 2 N–H and O–H groups in total. The molecular formula is C16H21ClN2OS. The average Bonchev–Trinajstić information content (AvgIpc) is 2.88. The van der Waals surface area contributed by atoms with Crippen LogP contribution in [0.15, 0.2) is 30.5 Å². The molecular weight excluding hydrogens is 304 g/mol. The van der Waals surface area contributed by atoms with E-state index in [0.29, 0.717) is 17.5 Å². The Morgan fingerprint density at radius 2 is 2.00 bits per heavy atom. The molecule has 0 spiro atoms. The summed E-state index contributed by atoms with van der Waals surface area (Å²) < 4.78 is 0. The van der Waals surface area contributed by atoms with Gasteiger partial charge in [0.1, 0.15) is 0 Å². The number of benzene rings is 1. The largest absolute Gasteiger partial charge is 0.394 e. The first kappa shape index (κ1) is 16.4. The highest BCUT2D eigenvalue weighted by Crippen LogP contribution is 2.19. The van der Waals surface area contributed by atoms with Crippen LogP contribution in [-0.4, -0.2) is 16.7 Å². The highest BCUT2D eigenvalue weighted by atomic mass is 35.5. The second kappa shape index (κ2) is 7.90. The number of hydrogen-bond donors (Lipinski definition) is 2. The fourth-order valence-corrected chi connectivity index (χ4v) is 3.29. The molecule has 1 atom stereocenters.